The summed E-state index contributed by atoms with van der Waals surface area (Å²) >= 11 is 0. The quantitative estimate of drug-likeness (QED) is 0.529. The molecule has 1 aromatic heterocycles. The van der Waals surface area contributed by atoms with Crippen LogP contribution in [0.2, 0.25) is 0 Å². The monoisotopic (exact) mass is 444 g/mol. The van der Waals surface area contributed by atoms with E-state index in [-0.39, 0.29) is 22.4 Å². The number of alkyl halides is 9. The Morgan fingerprint density at radius 2 is 1.37 bits per heavy atom. The van der Waals surface area contributed by atoms with Gasteiger partial charge in [-0.05, 0) is 36.4 Å². The van der Waals surface area contributed by atoms with Crippen LogP contribution in [0.1, 0.15) is 5.56 Å². The highest BCUT2D eigenvalue weighted by molar-refractivity contribution is 5.80. The van der Waals surface area contributed by atoms with Crippen LogP contribution in [0.4, 0.5) is 39.5 Å². The predicted octanol–water partition coefficient (Wildman–Crippen LogP) is 5.44. The van der Waals surface area contributed by atoms with E-state index in [9.17, 15) is 44.6 Å². The Hall–Kier alpha value is -2.96. The molecule has 4 nitrogen and oxygen atoms in total. The summed E-state index contributed by atoms with van der Waals surface area (Å²) in [5.41, 5.74) is -6.68. The first-order valence-corrected chi connectivity index (χ1v) is 7.84. The third-order valence-electron chi connectivity index (χ3n) is 4.08. The topological polar surface area (TPSA) is 58.1 Å². The van der Waals surface area contributed by atoms with E-state index in [0.29, 0.717) is 12.1 Å². The number of nitrogens with one attached hydrogen (secondary N) is 1. The first-order chi connectivity index (χ1) is 13.6. The summed E-state index contributed by atoms with van der Waals surface area (Å²) in [5.74, 6) is -0.576. The molecule has 0 aliphatic rings. The van der Waals surface area contributed by atoms with Gasteiger partial charge in [0.1, 0.15) is 11.6 Å². The van der Waals surface area contributed by atoms with Gasteiger partial charge in [-0.1, -0.05) is 6.07 Å². The van der Waals surface area contributed by atoms with Gasteiger partial charge in [0.25, 0.3) is 5.60 Å². The molecule has 0 unspecified atom stereocenters. The van der Waals surface area contributed by atoms with E-state index in [0.717, 1.165) is 30.3 Å². The van der Waals surface area contributed by atoms with Gasteiger partial charge in [0, 0.05) is 11.1 Å². The van der Waals surface area contributed by atoms with E-state index in [1.807, 2.05) is 0 Å². The minimum atomic E-state index is -6.05. The Bertz CT molecular complexity index is 1040. The predicted molar refractivity (Wildman–Crippen MR) is 84.2 cm³/mol. The number of rotatable bonds is 3. The van der Waals surface area contributed by atoms with Crippen LogP contribution in [0.15, 0.2) is 42.5 Å². The maximum Gasteiger partial charge on any atom is 0.573 e. The van der Waals surface area contributed by atoms with Crippen molar-refractivity contribution >= 4 is 11.0 Å². The van der Waals surface area contributed by atoms with Gasteiger partial charge >= 0.3 is 18.7 Å². The fraction of sp³-hybridized carbons (Fsp3) is 0.235. The van der Waals surface area contributed by atoms with Crippen molar-refractivity contribution in [1.82, 2.24) is 9.97 Å². The number of nitrogens with zero attached hydrogens (tertiary/aromatic N) is 1. The molecule has 3 aromatic rings. The molecule has 2 aromatic carbocycles. The first kappa shape index (κ1) is 21.7. The van der Waals surface area contributed by atoms with Crippen molar-refractivity contribution in [3.8, 4) is 17.1 Å². The zero-order chi connectivity index (χ0) is 22.5. The number of H-pyrrole nitrogens is 1. The summed E-state index contributed by atoms with van der Waals surface area (Å²) < 4.78 is 118. The average Bonchev–Trinajstić information content (AvgIpc) is 3.01. The normalized spacial score (nSPS) is 13.7. The SMILES string of the molecule is OC(c1ccc2nc(-c3ccc(OC(F)(F)F)cc3)[nH]c2c1)(C(F)(F)F)C(F)(F)F. The fourth-order valence-electron chi connectivity index (χ4n) is 2.67. The molecule has 0 aliphatic heterocycles. The second kappa shape index (κ2) is 6.79. The lowest BCUT2D eigenvalue weighted by Crippen LogP contribution is -2.53. The number of fused-ring (bicyclic) bond motifs is 1. The van der Waals surface area contributed by atoms with E-state index in [1.165, 1.54) is 0 Å². The molecular formula is C17H9F9N2O2. The third-order valence-corrected chi connectivity index (χ3v) is 4.08. The Morgan fingerprint density at radius 3 is 1.87 bits per heavy atom. The van der Waals surface area contributed by atoms with E-state index in [2.05, 4.69) is 14.7 Å². The molecule has 0 bridgehead atoms. The van der Waals surface area contributed by atoms with Gasteiger partial charge in [-0.25, -0.2) is 4.98 Å². The first-order valence-electron chi connectivity index (χ1n) is 7.84. The summed E-state index contributed by atoms with van der Waals surface area (Å²) in [5, 5.41) is 9.47. The maximum atomic E-state index is 13.0. The largest absolute Gasteiger partial charge is 0.573 e. The van der Waals surface area contributed by atoms with Crippen molar-refractivity contribution in [2.45, 2.75) is 24.3 Å². The molecule has 2 N–H and O–H groups in total. The summed E-state index contributed by atoms with van der Waals surface area (Å²) in [7, 11) is 0. The second-order valence-electron chi connectivity index (χ2n) is 6.10. The van der Waals surface area contributed by atoms with Crippen LogP contribution in [0.25, 0.3) is 22.4 Å². The van der Waals surface area contributed by atoms with Crippen LogP contribution in [-0.4, -0.2) is 33.8 Å². The second-order valence-corrected chi connectivity index (χ2v) is 6.10. The van der Waals surface area contributed by atoms with Gasteiger partial charge in [0.05, 0.1) is 11.0 Å². The molecule has 0 atom stereocenters. The van der Waals surface area contributed by atoms with Gasteiger partial charge in [0.15, 0.2) is 0 Å². The van der Waals surface area contributed by atoms with E-state index >= 15 is 0 Å². The van der Waals surface area contributed by atoms with Gasteiger partial charge in [0.2, 0.25) is 0 Å². The molecular weight excluding hydrogens is 435 g/mol. The molecule has 0 saturated heterocycles. The molecule has 1 heterocycles. The van der Waals surface area contributed by atoms with Gasteiger partial charge < -0.3 is 14.8 Å². The number of hydrogen-bond donors (Lipinski definition) is 2. The minimum Gasteiger partial charge on any atom is -0.406 e. The summed E-state index contributed by atoms with van der Waals surface area (Å²) in [6.07, 6.45) is -17.0. The van der Waals surface area contributed by atoms with Crippen LogP contribution in [-0.2, 0) is 5.60 Å². The van der Waals surface area contributed by atoms with Gasteiger partial charge in [-0.3, -0.25) is 0 Å². The number of ether oxygens (including phenoxy) is 1. The smallest absolute Gasteiger partial charge is 0.406 e. The highest BCUT2D eigenvalue weighted by Gasteiger charge is 2.71. The van der Waals surface area contributed by atoms with Crippen LogP contribution in [0.5, 0.6) is 5.75 Å². The highest BCUT2D eigenvalue weighted by Crippen LogP contribution is 2.50. The third kappa shape index (κ3) is 3.88. The van der Waals surface area contributed by atoms with Gasteiger partial charge in [-0.2, -0.15) is 26.3 Å². The summed E-state index contributed by atoms with van der Waals surface area (Å²) in [6, 6.07) is 5.94. The lowest BCUT2D eigenvalue weighted by atomic mass is 9.92. The zero-order valence-electron chi connectivity index (χ0n) is 14.2. The van der Waals surface area contributed by atoms with Crippen LogP contribution < -0.4 is 4.74 Å². The number of aliphatic hydroxyl groups is 1. The molecule has 3 rings (SSSR count). The molecule has 13 heteroatoms. The Balaban J connectivity index is 2.01. The number of hydrogen-bond acceptors (Lipinski definition) is 3. The molecule has 0 amide bonds. The number of halogens is 9. The summed E-state index contributed by atoms with van der Waals surface area (Å²) in [6.45, 7) is 0. The Kier molecular flexibility index (Phi) is 4.92. The van der Waals surface area contributed by atoms with Crippen molar-refractivity contribution in [3.05, 3.63) is 48.0 Å². The van der Waals surface area contributed by atoms with E-state index in [4.69, 9.17) is 0 Å². The minimum absolute atomic E-state index is 0.0314. The van der Waals surface area contributed by atoms with Crippen molar-refractivity contribution in [2.24, 2.45) is 0 Å². The van der Waals surface area contributed by atoms with Crippen molar-refractivity contribution in [1.29, 1.82) is 0 Å². The molecule has 162 valence electrons. The fourth-order valence-corrected chi connectivity index (χ4v) is 2.67. The number of aromatic nitrogens is 2. The van der Waals surface area contributed by atoms with Crippen molar-refractivity contribution < 1.29 is 49.4 Å². The average molecular weight is 444 g/mol. The van der Waals surface area contributed by atoms with Crippen LogP contribution in [0, 0.1) is 0 Å². The van der Waals surface area contributed by atoms with E-state index in [1.54, 1.807) is 0 Å². The number of benzene rings is 2. The standard InChI is InChI=1S/C17H9F9N2O2/c18-15(19,20)14(29,16(21,22)23)9-3-6-11-12(7-9)28-13(27-11)8-1-4-10(5-2-8)30-17(24,25)26/h1-7,29H,(H,27,28). The zero-order valence-corrected chi connectivity index (χ0v) is 14.2. The van der Waals surface area contributed by atoms with Crippen LogP contribution in [0.3, 0.4) is 0 Å². The highest BCUT2D eigenvalue weighted by atomic mass is 19.4. The Labute approximate surface area is 160 Å². The number of aromatic amines is 1. The Morgan fingerprint density at radius 1 is 0.800 bits per heavy atom. The molecule has 0 fully saturated rings. The van der Waals surface area contributed by atoms with E-state index < -0.39 is 35.6 Å². The summed E-state index contributed by atoms with van der Waals surface area (Å²) in [4.78, 5) is 6.45. The van der Waals surface area contributed by atoms with Gasteiger partial charge in [-0.15, -0.1) is 13.2 Å². The molecule has 0 radical (unpaired) electrons. The van der Waals surface area contributed by atoms with Crippen molar-refractivity contribution in [3.63, 3.8) is 0 Å². The maximum absolute atomic E-state index is 13.0. The number of imidazole rings is 1. The lowest BCUT2D eigenvalue weighted by molar-refractivity contribution is -0.376. The molecule has 0 aliphatic carbocycles. The molecule has 0 spiro atoms. The lowest BCUT2D eigenvalue weighted by Gasteiger charge is -2.32. The van der Waals surface area contributed by atoms with Crippen molar-refractivity contribution in [2.75, 3.05) is 0 Å². The molecule has 0 saturated carbocycles. The van der Waals surface area contributed by atoms with Crippen LogP contribution >= 0.6 is 0 Å². The molecule has 30 heavy (non-hydrogen) atoms.